The van der Waals surface area contributed by atoms with Gasteiger partial charge in [-0.3, -0.25) is 15.0 Å². The predicted octanol–water partition coefficient (Wildman–Crippen LogP) is 0.426. The van der Waals surface area contributed by atoms with Crippen LogP contribution < -0.4 is 16.4 Å². The summed E-state index contributed by atoms with van der Waals surface area (Å²) in [5, 5.41) is 5.23. The highest BCUT2D eigenvalue weighted by atomic mass is 16.2. The number of nitrogens with zero attached hydrogens (tertiary/aromatic N) is 1. The summed E-state index contributed by atoms with van der Waals surface area (Å²) < 4.78 is 0. The number of nitrogens with two attached hydrogens (primary N) is 1. The molecule has 6 nitrogen and oxygen atoms in total. The number of likely N-dealkylation sites (N-methyl/N-ethyl adjacent to an activating group) is 1. The lowest BCUT2D eigenvalue weighted by molar-refractivity contribution is -0.120. The normalized spacial score (nSPS) is 16.4. The Hall–Kier alpha value is -1.14. The first kappa shape index (κ1) is 15.9. The van der Waals surface area contributed by atoms with Gasteiger partial charge in [0, 0.05) is 6.04 Å². The number of urea groups is 1. The molecule has 6 heteroatoms. The zero-order valence-electron chi connectivity index (χ0n) is 11.8. The Morgan fingerprint density at radius 3 is 2.58 bits per heavy atom. The fourth-order valence-electron chi connectivity index (χ4n) is 2.32. The first-order valence-corrected chi connectivity index (χ1v) is 7.10. The Labute approximate surface area is 115 Å². The van der Waals surface area contributed by atoms with E-state index in [1.54, 1.807) is 0 Å². The molecule has 1 rings (SSSR count). The summed E-state index contributed by atoms with van der Waals surface area (Å²) >= 11 is 0. The molecular formula is C13H26N4O2. The molecule has 0 atom stereocenters. The van der Waals surface area contributed by atoms with E-state index in [0.29, 0.717) is 6.54 Å². The highest BCUT2D eigenvalue weighted by Gasteiger charge is 2.17. The monoisotopic (exact) mass is 270 g/mol. The number of rotatable bonds is 6. The molecule has 1 saturated carbocycles. The molecule has 0 bridgehead atoms. The van der Waals surface area contributed by atoms with Gasteiger partial charge in [-0.2, -0.15) is 0 Å². The summed E-state index contributed by atoms with van der Waals surface area (Å²) in [5.74, 6) is -0.271. The molecule has 0 radical (unpaired) electrons. The van der Waals surface area contributed by atoms with Gasteiger partial charge in [0.2, 0.25) is 5.91 Å². The SMILES string of the molecule is CN(CCCN)CC(=O)NC(=O)NC1CCCCC1. The van der Waals surface area contributed by atoms with Crippen LogP contribution >= 0.6 is 0 Å². The van der Waals surface area contributed by atoms with Gasteiger partial charge in [0.25, 0.3) is 0 Å². The summed E-state index contributed by atoms with van der Waals surface area (Å²) in [7, 11) is 1.84. The molecule has 1 fully saturated rings. The van der Waals surface area contributed by atoms with E-state index in [4.69, 9.17) is 5.73 Å². The number of imide groups is 1. The minimum absolute atomic E-state index is 0.219. The van der Waals surface area contributed by atoms with Gasteiger partial charge in [-0.15, -0.1) is 0 Å². The second kappa shape index (κ2) is 8.87. The summed E-state index contributed by atoms with van der Waals surface area (Å²) in [5.41, 5.74) is 5.40. The smallest absolute Gasteiger partial charge is 0.321 e. The zero-order valence-corrected chi connectivity index (χ0v) is 11.8. The Bertz CT molecular complexity index is 290. The molecule has 0 aromatic carbocycles. The van der Waals surface area contributed by atoms with E-state index in [2.05, 4.69) is 10.6 Å². The number of carbonyl (C=O) groups excluding carboxylic acids is 2. The summed E-state index contributed by atoms with van der Waals surface area (Å²) in [6.07, 6.45) is 6.42. The van der Waals surface area contributed by atoms with Crippen LogP contribution in [0, 0.1) is 0 Å². The van der Waals surface area contributed by atoms with E-state index in [-0.39, 0.29) is 24.5 Å². The lowest BCUT2D eigenvalue weighted by Gasteiger charge is -2.23. The third kappa shape index (κ3) is 7.12. The van der Waals surface area contributed by atoms with Gasteiger partial charge in [-0.1, -0.05) is 19.3 Å². The van der Waals surface area contributed by atoms with Gasteiger partial charge in [-0.05, 0) is 39.4 Å². The van der Waals surface area contributed by atoms with Gasteiger partial charge < -0.3 is 11.1 Å². The van der Waals surface area contributed by atoms with Crippen molar-refractivity contribution in [2.45, 2.75) is 44.6 Å². The van der Waals surface area contributed by atoms with Crippen molar-refractivity contribution >= 4 is 11.9 Å². The highest BCUT2D eigenvalue weighted by Crippen LogP contribution is 2.16. The largest absolute Gasteiger partial charge is 0.335 e. The summed E-state index contributed by atoms with van der Waals surface area (Å²) in [4.78, 5) is 25.1. The number of hydrogen-bond donors (Lipinski definition) is 3. The fraction of sp³-hybridized carbons (Fsp3) is 0.846. The van der Waals surface area contributed by atoms with Crippen LogP contribution in [0.3, 0.4) is 0 Å². The lowest BCUT2D eigenvalue weighted by Crippen LogP contribution is -2.47. The molecule has 110 valence electrons. The van der Waals surface area contributed by atoms with Crippen LogP contribution in [0.2, 0.25) is 0 Å². The van der Waals surface area contributed by atoms with Gasteiger partial charge in [0.15, 0.2) is 0 Å². The van der Waals surface area contributed by atoms with E-state index in [1.807, 2.05) is 11.9 Å². The molecule has 3 amide bonds. The Morgan fingerprint density at radius 2 is 1.95 bits per heavy atom. The van der Waals surface area contributed by atoms with Gasteiger partial charge >= 0.3 is 6.03 Å². The van der Waals surface area contributed by atoms with E-state index < -0.39 is 0 Å². The minimum Gasteiger partial charge on any atom is -0.335 e. The van der Waals surface area contributed by atoms with Crippen LogP contribution in [0.1, 0.15) is 38.5 Å². The molecule has 0 aromatic heterocycles. The van der Waals surface area contributed by atoms with Crippen LogP contribution in [0.5, 0.6) is 0 Å². The molecule has 0 heterocycles. The average molecular weight is 270 g/mol. The number of hydrogen-bond acceptors (Lipinski definition) is 4. The number of carbonyl (C=O) groups is 2. The topological polar surface area (TPSA) is 87.5 Å². The van der Waals surface area contributed by atoms with Crippen LogP contribution in [0.4, 0.5) is 4.79 Å². The third-order valence-corrected chi connectivity index (χ3v) is 3.35. The molecule has 1 aliphatic rings. The molecule has 4 N–H and O–H groups in total. The molecule has 0 saturated heterocycles. The third-order valence-electron chi connectivity index (χ3n) is 3.35. The van der Waals surface area contributed by atoms with Crippen molar-refractivity contribution < 1.29 is 9.59 Å². The molecule has 0 spiro atoms. The Kier molecular flexibility index (Phi) is 7.43. The maximum atomic E-state index is 11.6. The molecule has 19 heavy (non-hydrogen) atoms. The van der Waals surface area contributed by atoms with Gasteiger partial charge in [0.1, 0.15) is 0 Å². The molecule has 0 aliphatic heterocycles. The lowest BCUT2D eigenvalue weighted by atomic mass is 9.96. The van der Waals surface area contributed by atoms with Crippen molar-refractivity contribution in [1.82, 2.24) is 15.5 Å². The molecular weight excluding hydrogens is 244 g/mol. The summed E-state index contributed by atoms with van der Waals surface area (Å²) in [6.45, 7) is 1.58. The van der Waals surface area contributed by atoms with Gasteiger partial charge in [-0.25, -0.2) is 4.79 Å². The van der Waals surface area contributed by atoms with Crippen LogP contribution in [0.15, 0.2) is 0 Å². The first-order valence-electron chi connectivity index (χ1n) is 7.10. The predicted molar refractivity (Wildman–Crippen MR) is 74.7 cm³/mol. The fourth-order valence-corrected chi connectivity index (χ4v) is 2.32. The second-order valence-corrected chi connectivity index (χ2v) is 5.24. The van der Waals surface area contributed by atoms with Crippen molar-refractivity contribution in [3.05, 3.63) is 0 Å². The van der Waals surface area contributed by atoms with E-state index in [0.717, 1.165) is 38.6 Å². The molecule has 0 unspecified atom stereocenters. The highest BCUT2D eigenvalue weighted by molar-refractivity contribution is 5.95. The summed E-state index contributed by atoms with van der Waals surface area (Å²) in [6, 6.07) is -0.152. The maximum Gasteiger partial charge on any atom is 0.321 e. The van der Waals surface area contributed by atoms with Crippen molar-refractivity contribution in [3.8, 4) is 0 Å². The van der Waals surface area contributed by atoms with E-state index >= 15 is 0 Å². The molecule has 0 aromatic rings. The quantitative estimate of drug-likeness (QED) is 0.653. The van der Waals surface area contributed by atoms with Crippen LogP contribution in [-0.2, 0) is 4.79 Å². The first-order chi connectivity index (χ1) is 9.11. The standard InChI is InChI=1S/C13H26N4O2/c1-17(9-5-8-14)10-12(18)16-13(19)15-11-6-3-2-4-7-11/h11H,2-10,14H2,1H3,(H2,15,16,18,19). The van der Waals surface area contributed by atoms with E-state index in [1.165, 1.54) is 6.42 Å². The molecule has 1 aliphatic carbocycles. The van der Waals surface area contributed by atoms with Crippen molar-refractivity contribution in [3.63, 3.8) is 0 Å². The Morgan fingerprint density at radius 1 is 1.26 bits per heavy atom. The maximum absolute atomic E-state index is 11.6. The van der Waals surface area contributed by atoms with Crippen molar-refractivity contribution in [2.75, 3.05) is 26.7 Å². The second-order valence-electron chi connectivity index (χ2n) is 5.24. The van der Waals surface area contributed by atoms with Crippen molar-refractivity contribution in [2.24, 2.45) is 5.73 Å². The Balaban J connectivity index is 2.17. The number of nitrogens with one attached hydrogen (secondary N) is 2. The van der Waals surface area contributed by atoms with Crippen molar-refractivity contribution in [1.29, 1.82) is 0 Å². The number of amides is 3. The van der Waals surface area contributed by atoms with Gasteiger partial charge in [0.05, 0.1) is 6.54 Å². The minimum atomic E-state index is -0.371. The average Bonchev–Trinajstić information content (AvgIpc) is 2.37. The van der Waals surface area contributed by atoms with E-state index in [9.17, 15) is 9.59 Å². The van der Waals surface area contributed by atoms with Crippen LogP contribution in [0.25, 0.3) is 0 Å². The van der Waals surface area contributed by atoms with Crippen LogP contribution in [-0.4, -0.2) is 49.6 Å². The zero-order chi connectivity index (χ0) is 14.1.